The molecule has 2 heterocycles. The number of fused-ring (bicyclic) bond motifs is 2. The number of allylic oxidation sites excluding steroid dienone is 1. The lowest BCUT2D eigenvalue weighted by atomic mass is 9.41. The summed E-state index contributed by atoms with van der Waals surface area (Å²) in [5, 5.41) is 15.4. The van der Waals surface area contributed by atoms with Gasteiger partial charge in [0.15, 0.2) is 9.84 Å². The van der Waals surface area contributed by atoms with E-state index in [0.29, 0.717) is 41.5 Å². The molecular formula is C44H65N3O6S. The Morgan fingerprint density at radius 3 is 2.35 bits per heavy atom. The lowest BCUT2D eigenvalue weighted by Gasteiger charge is -2.60. The summed E-state index contributed by atoms with van der Waals surface area (Å²) in [7, 11) is -3.28. The Labute approximate surface area is 323 Å². The van der Waals surface area contributed by atoms with Gasteiger partial charge in [-0.1, -0.05) is 89.1 Å². The van der Waals surface area contributed by atoms with Crippen LogP contribution < -0.4 is 5.32 Å². The molecule has 5 aliphatic carbocycles. The van der Waals surface area contributed by atoms with Crippen LogP contribution >= 0.6 is 0 Å². The number of rotatable bonds is 14. The Morgan fingerprint density at radius 2 is 1.69 bits per heavy atom. The predicted molar refractivity (Wildman–Crippen MR) is 210 cm³/mol. The minimum Gasteiger partial charge on any atom is -0.481 e. The molecule has 1 aromatic rings. The van der Waals surface area contributed by atoms with Crippen molar-refractivity contribution in [3.8, 4) is 0 Å². The first-order valence-corrected chi connectivity index (χ1v) is 23.1. The van der Waals surface area contributed by atoms with Crippen molar-refractivity contribution in [3.05, 3.63) is 42.0 Å². The summed E-state index contributed by atoms with van der Waals surface area (Å²) in [5.74, 6) is 1.50. The predicted octanol–water partition coefficient (Wildman–Crippen LogP) is 5.95. The molecule has 10 heteroatoms. The second kappa shape index (κ2) is 15.0. The quantitative estimate of drug-likeness (QED) is 0.135. The maximum Gasteiger partial charge on any atom is 0.315 e. The van der Waals surface area contributed by atoms with Crippen molar-refractivity contribution in [2.24, 2.45) is 57.7 Å². The number of piperazine rings is 1. The summed E-state index contributed by atoms with van der Waals surface area (Å²) in [6, 6.07) is 8.75. The molecule has 3 unspecified atom stereocenters. The van der Waals surface area contributed by atoms with Crippen LogP contribution in [0.5, 0.6) is 0 Å². The molecule has 10 atom stereocenters. The number of carbonyl (C=O) groups is 2. The van der Waals surface area contributed by atoms with Crippen LogP contribution in [0.25, 0.3) is 0 Å². The zero-order valence-electron chi connectivity index (χ0n) is 33.0. The molecule has 4 bridgehead atoms. The van der Waals surface area contributed by atoms with Gasteiger partial charge in [0.2, 0.25) is 0 Å². The van der Waals surface area contributed by atoms with Gasteiger partial charge in [-0.25, -0.2) is 8.42 Å². The summed E-state index contributed by atoms with van der Waals surface area (Å²) in [4.78, 5) is 33.0. The summed E-state index contributed by atoms with van der Waals surface area (Å²) >= 11 is 0. The van der Waals surface area contributed by atoms with Gasteiger partial charge in [0.1, 0.15) is 11.7 Å². The van der Waals surface area contributed by atoms with E-state index in [1.165, 1.54) is 32.1 Å². The van der Waals surface area contributed by atoms with E-state index in [1.807, 2.05) is 6.07 Å². The average Bonchev–Trinajstić information content (AvgIpc) is 3.90. The highest BCUT2D eigenvalue weighted by atomic mass is 32.2. The maximum absolute atomic E-state index is 14.2. The summed E-state index contributed by atoms with van der Waals surface area (Å²) < 4.78 is 33.0. The second-order valence-corrected chi connectivity index (χ2v) is 21.0. The minimum absolute atomic E-state index is 0.0357. The molecule has 6 fully saturated rings. The van der Waals surface area contributed by atoms with Gasteiger partial charge in [-0.3, -0.25) is 14.6 Å². The Morgan fingerprint density at radius 1 is 0.981 bits per heavy atom. The van der Waals surface area contributed by atoms with Crippen LogP contribution in [0.3, 0.4) is 0 Å². The van der Waals surface area contributed by atoms with Crippen LogP contribution in [-0.4, -0.2) is 106 Å². The zero-order valence-corrected chi connectivity index (χ0v) is 33.8. The van der Waals surface area contributed by atoms with Gasteiger partial charge in [0, 0.05) is 57.8 Å². The topological polar surface area (TPSA) is 116 Å². The fraction of sp³-hybridized carbons (Fsp3) is 0.773. The molecule has 298 valence electrons. The van der Waals surface area contributed by atoms with Crippen LogP contribution in [0.2, 0.25) is 0 Å². The van der Waals surface area contributed by atoms with Gasteiger partial charge in [0.25, 0.3) is 0 Å². The third kappa shape index (κ3) is 6.01. The summed E-state index contributed by atoms with van der Waals surface area (Å²) in [5.41, 5.74) is -1.62. The molecule has 0 radical (unpaired) electrons. The molecule has 9 nitrogen and oxygen atoms in total. The molecule has 54 heavy (non-hydrogen) atoms. The molecule has 7 aliphatic rings. The Bertz CT molecular complexity index is 1670. The molecule has 2 N–H and O–H groups in total. The number of sulfone groups is 1. The van der Waals surface area contributed by atoms with Gasteiger partial charge in [-0.05, 0) is 79.2 Å². The minimum atomic E-state index is -3.28. The molecule has 0 spiro atoms. The number of benzene rings is 1. The smallest absolute Gasteiger partial charge is 0.315 e. The van der Waals surface area contributed by atoms with E-state index >= 15 is 0 Å². The van der Waals surface area contributed by atoms with Crippen molar-refractivity contribution in [2.75, 3.05) is 58.1 Å². The third-order valence-electron chi connectivity index (χ3n) is 16.3. The first-order chi connectivity index (χ1) is 26.0. The molecule has 0 aromatic heterocycles. The Balaban J connectivity index is 0.947. The van der Waals surface area contributed by atoms with E-state index in [1.54, 1.807) is 24.3 Å². The van der Waals surface area contributed by atoms with Crippen molar-refractivity contribution >= 4 is 22.1 Å². The normalized spacial score (nSPS) is 39.9. The van der Waals surface area contributed by atoms with Gasteiger partial charge in [-0.15, -0.1) is 0 Å². The van der Waals surface area contributed by atoms with Crippen molar-refractivity contribution in [1.29, 1.82) is 0 Å². The lowest BCUT2D eigenvalue weighted by molar-refractivity contribution is -0.197. The van der Waals surface area contributed by atoms with E-state index in [-0.39, 0.29) is 35.7 Å². The SMILES string of the molecule is CC(C)C1=CC2CC3(C=O)[C@@H]4CC[C@@H](C)[C@H]4CC2([C@H]2C[C@@H](C4CCCCC4)[C@H](CNCCN4CCN(CCS(=O)(=O)c5ccccc5)CC4)O2)[C@]13C(=O)O. The number of carbonyl (C=O) groups excluding carboxylic acids is 1. The van der Waals surface area contributed by atoms with Gasteiger partial charge in [0.05, 0.1) is 28.3 Å². The molecule has 1 aromatic carbocycles. The number of ether oxygens (including phenoxy) is 1. The molecule has 4 saturated carbocycles. The number of hydrogen-bond acceptors (Lipinski definition) is 8. The number of carboxylic acid groups (broad SMARTS) is 1. The number of aldehydes is 1. The van der Waals surface area contributed by atoms with E-state index < -0.39 is 32.1 Å². The van der Waals surface area contributed by atoms with Crippen LogP contribution in [-0.2, 0) is 24.2 Å². The molecule has 2 saturated heterocycles. The standard InChI is InChI=1S/C44H65N3O6S/c1-30(2)38-24-33-26-42(29-48)37-15-14-31(3)36(37)27-43(33,44(38,42)41(49)50)40-25-35(32-10-6-4-7-11-32)39(53-40)28-45-16-17-46-18-20-47(21-19-46)22-23-54(51,52)34-12-8-5-9-13-34/h5,8-9,12-13,24,29-33,35-37,39-40,45H,4,6-7,10-11,14-23,25-28H2,1-3H3,(H,49,50)/t31-,33?,35+,36-,37-,39+,40-,42?,43?,44+/m1/s1. The fourth-order valence-corrected chi connectivity index (χ4v) is 15.2. The van der Waals surface area contributed by atoms with Crippen molar-refractivity contribution in [3.63, 3.8) is 0 Å². The third-order valence-corrected chi connectivity index (χ3v) is 18.0. The maximum atomic E-state index is 14.2. The van der Waals surface area contributed by atoms with Gasteiger partial charge in [-0.2, -0.15) is 0 Å². The average molecular weight is 764 g/mol. The van der Waals surface area contributed by atoms with Crippen molar-refractivity contribution in [1.82, 2.24) is 15.1 Å². The number of nitrogens with one attached hydrogen (secondary N) is 1. The van der Waals surface area contributed by atoms with E-state index in [0.717, 1.165) is 83.4 Å². The zero-order chi connectivity index (χ0) is 37.9. The molecule has 0 amide bonds. The van der Waals surface area contributed by atoms with Crippen LogP contribution in [0.15, 0.2) is 46.9 Å². The number of hydrogen-bond donors (Lipinski definition) is 2. The van der Waals surface area contributed by atoms with Gasteiger partial charge >= 0.3 is 5.97 Å². The van der Waals surface area contributed by atoms with E-state index in [2.05, 4.69) is 42.0 Å². The van der Waals surface area contributed by atoms with Gasteiger partial charge < -0.3 is 20.0 Å². The number of nitrogens with zero attached hydrogens (tertiary/aromatic N) is 2. The monoisotopic (exact) mass is 763 g/mol. The number of aliphatic carboxylic acids is 1. The van der Waals surface area contributed by atoms with Crippen LogP contribution in [0.1, 0.15) is 85.0 Å². The molecular weight excluding hydrogens is 699 g/mol. The largest absolute Gasteiger partial charge is 0.481 e. The Kier molecular flexibility index (Phi) is 10.8. The highest BCUT2D eigenvalue weighted by molar-refractivity contribution is 7.91. The van der Waals surface area contributed by atoms with Crippen LogP contribution in [0, 0.1) is 57.7 Å². The molecule has 2 aliphatic heterocycles. The van der Waals surface area contributed by atoms with E-state index in [9.17, 15) is 23.1 Å². The van der Waals surface area contributed by atoms with Crippen LogP contribution in [0.4, 0.5) is 0 Å². The molecule has 8 rings (SSSR count). The summed E-state index contributed by atoms with van der Waals surface area (Å²) in [6.45, 7) is 13.3. The summed E-state index contributed by atoms with van der Waals surface area (Å²) in [6.07, 6.45) is 14.1. The lowest BCUT2D eigenvalue weighted by Crippen LogP contribution is -2.65. The van der Waals surface area contributed by atoms with Crippen molar-refractivity contribution in [2.45, 2.75) is 102 Å². The van der Waals surface area contributed by atoms with E-state index in [4.69, 9.17) is 4.74 Å². The van der Waals surface area contributed by atoms with Crippen molar-refractivity contribution < 1.29 is 27.9 Å². The highest BCUT2D eigenvalue weighted by Crippen LogP contribution is 2.84. The fourth-order valence-electron chi connectivity index (χ4n) is 13.9. The first kappa shape index (κ1) is 38.7. The number of carboxylic acids is 1. The highest BCUT2D eigenvalue weighted by Gasteiger charge is 2.86. The first-order valence-electron chi connectivity index (χ1n) is 21.5. The Hall–Kier alpha value is -2.11. The second-order valence-electron chi connectivity index (χ2n) is 18.9.